The van der Waals surface area contributed by atoms with Crippen LogP contribution in [0, 0.1) is 14.9 Å². The molecule has 2 radical (unpaired) electrons. The van der Waals surface area contributed by atoms with E-state index in [1.54, 1.807) is 24.5 Å². The van der Waals surface area contributed by atoms with Crippen LogP contribution in [-0.2, 0) is 19.5 Å². The Morgan fingerprint density at radius 3 is 2.42 bits per heavy atom. The third kappa shape index (κ3) is 6.17. The average Bonchev–Trinajstić information content (AvgIpc) is 1.91. The van der Waals surface area contributed by atoms with Crippen molar-refractivity contribution in [1.82, 2.24) is 4.98 Å². The van der Waals surface area contributed by atoms with E-state index in [0.717, 1.165) is 0 Å². The number of aromatic nitrogens is 1. The van der Waals surface area contributed by atoms with Gasteiger partial charge in [-0.2, -0.15) is 5.11 Å². The van der Waals surface area contributed by atoms with Gasteiger partial charge in [-0.15, -0.1) is 0 Å². The van der Waals surface area contributed by atoms with Crippen molar-refractivity contribution in [3.8, 4) is 0 Å². The summed E-state index contributed by atoms with van der Waals surface area (Å²) >= 11 is 0. The van der Waals surface area contributed by atoms with Gasteiger partial charge in [0.1, 0.15) is 5.69 Å². The van der Waals surface area contributed by atoms with Gasteiger partial charge in [0.05, 0.1) is 6.20 Å². The molecule has 1 aromatic heterocycles. The van der Waals surface area contributed by atoms with E-state index >= 15 is 0 Å². The molecule has 0 fully saturated rings. The number of nitrogens with zero attached hydrogens (tertiary/aromatic N) is 3. The fourth-order valence-corrected chi connectivity index (χ4v) is 0.480. The third-order valence-electron chi connectivity index (χ3n) is 0.819. The van der Waals surface area contributed by atoms with E-state index in [4.69, 9.17) is 7.98 Å². The topological polar surface area (TPSA) is 37.6 Å². The molecule has 0 N–H and O–H groups in total. The van der Waals surface area contributed by atoms with E-state index in [1.165, 1.54) is 0 Å². The first-order valence-electron chi connectivity index (χ1n) is 2.44. The van der Waals surface area contributed by atoms with Gasteiger partial charge in [-0.1, -0.05) is 0 Å². The molecule has 0 saturated carbocycles. The van der Waals surface area contributed by atoms with Crippen LogP contribution in [0.1, 0.15) is 0 Å². The Balaban J connectivity index is -0.000000270. The Kier molecular flexibility index (Phi) is 15.2. The van der Waals surface area contributed by atoms with Gasteiger partial charge in [-0.25, -0.2) is 0 Å². The van der Waals surface area contributed by atoms with E-state index in [-0.39, 0.29) is 34.3 Å². The van der Waals surface area contributed by atoms with E-state index in [1.807, 2.05) is 0 Å². The van der Waals surface area contributed by atoms with Crippen LogP contribution in [0.3, 0.4) is 0 Å². The van der Waals surface area contributed by atoms with Crippen molar-refractivity contribution in [3.63, 3.8) is 0 Å². The largest absolute Gasteiger partial charge is 2.00 e. The molecule has 0 aliphatic carbocycles. The molecule has 0 aliphatic heterocycles. The van der Waals surface area contributed by atoms with Gasteiger partial charge in [0.2, 0.25) is 0 Å². The van der Waals surface area contributed by atoms with Crippen molar-refractivity contribution in [3.05, 3.63) is 39.4 Å². The molecular formula is C7H10BN3Ru. The average molecular weight is 248 g/mol. The van der Waals surface area contributed by atoms with Crippen LogP contribution in [0.4, 0.5) is 5.69 Å². The number of rotatable bonds is 1. The second-order valence-electron chi connectivity index (χ2n) is 1.43. The summed E-state index contributed by atoms with van der Waals surface area (Å²) < 4.78 is 0. The van der Waals surface area contributed by atoms with Gasteiger partial charge in [0.25, 0.3) is 7.98 Å². The molecule has 0 aliphatic rings. The Labute approximate surface area is 87.9 Å². The van der Waals surface area contributed by atoms with Gasteiger partial charge >= 0.3 is 19.5 Å². The molecule has 0 aromatic carbocycles. The zero-order chi connectivity index (χ0) is 6.53. The van der Waals surface area contributed by atoms with Crippen molar-refractivity contribution >= 4 is 13.7 Å². The summed E-state index contributed by atoms with van der Waals surface area (Å²) in [6.07, 6.45) is 3.24. The molecule has 0 spiro atoms. The Bertz CT molecular complexity index is 203. The summed E-state index contributed by atoms with van der Waals surface area (Å²) in [5.74, 6) is 0. The second-order valence-corrected chi connectivity index (χ2v) is 1.43. The van der Waals surface area contributed by atoms with Gasteiger partial charge in [0, 0.05) is 6.20 Å². The van der Waals surface area contributed by atoms with Crippen LogP contribution in [-0.4, -0.2) is 13.0 Å². The fourth-order valence-electron chi connectivity index (χ4n) is 0.480. The minimum atomic E-state index is 0. The smallest absolute Gasteiger partial charge is 0.358 e. The molecule has 1 rings (SSSR count). The molecule has 0 saturated heterocycles. The van der Waals surface area contributed by atoms with Crippen LogP contribution >= 0.6 is 0 Å². The van der Waals surface area contributed by atoms with Crippen LogP contribution < -0.4 is 0 Å². The predicted octanol–water partition coefficient (Wildman–Crippen LogP) is 2.15. The number of hydrogen-bond acceptors (Lipinski definition) is 3. The summed E-state index contributed by atoms with van der Waals surface area (Å²) in [6.45, 7) is 0. The first-order chi connectivity index (χ1) is 4.43. The van der Waals surface area contributed by atoms with Crippen LogP contribution in [0.2, 0.25) is 0 Å². The summed E-state index contributed by atoms with van der Waals surface area (Å²) in [5, 5.41) is 6.64. The van der Waals surface area contributed by atoms with Crippen molar-refractivity contribution in [2.75, 3.05) is 0 Å². The van der Waals surface area contributed by atoms with Crippen LogP contribution in [0.15, 0.2) is 34.7 Å². The molecule has 1 heterocycles. The van der Waals surface area contributed by atoms with E-state index < -0.39 is 0 Å². The zero-order valence-electron chi connectivity index (χ0n) is 7.08. The Hall–Kier alpha value is -0.562. The fraction of sp³-hybridized carbons (Fsp3) is 0. The summed E-state index contributed by atoms with van der Waals surface area (Å²) in [7, 11) is 4.79. The molecule has 0 bridgehead atoms. The van der Waals surface area contributed by atoms with Crippen molar-refractivity contribution in [2.24, 2.45) is 10.1 Å². The number of pyridine rings is 1. The Morgan fingerprint density at radius 1 is 1.33 bits per heavy atom. The predicted molar refractivity (Wildman–Crippen MR) is 47.3 cm³/mol. The monoisotopic (exact) mass is 249 g/mol. The molecule has 1 aromatic rings. The normalized spacial score (nSPS) is 7.67. The van der Waals surface area contributed by atoms with E-state index in [2.05, 4.69) is 15.1 Å². The molecule has 12 heavy (non-hydrogen) atoms. The maximum Gasteiger partial charge on any atom is 2.00 e. The zero-order valence-corrected chi connectivity index (χ0v) is 8.82. The summed E-state index contributed by atoms with van der Waals surface area (Å²) in [6, 6.07) is 3.54. The standard InChI is InChI=1S/C5H4BN3.2CH3.Ru/c6-9-8-5-2-1-3-7-4-5;;;/h1-4H;2*1H3;/q;2*-1;+2. The SMILES string of the molecule is [B]N=Nc1cccnc1.[CH3-].[CH3-].[Ru+2]. The molecule has 0 unspecified atom stereocenters. The maximum absolute atomic E-state index is 4.79. The molecular weight excluding hydrogens is 238 g/mol. The Morgan fingerprint density at radius 2 is 2.00 bits per heavy atom. The minimum absolute atomic E-state index is 0. The minimum Gasteiger partial charge on any atom is -0.358 e. The second kappa shape index (κ2) is 10.4. The van der Waals surface area contributed by atoms with Gasteiger partial charge in [0.15, 0.2) is 0 Å². The quantitative estimate of drug-likeness (QED) is 0.426. The summed E-state index contributed by atoms with van der Waals surface area (Å²) in [4.78, 5) is 3.79. The van der Waals surface area contributed by atoms with Gasteiger partial charge in [-0.05, 0) is 12.1 Å². The molecule has 3 nitrogen and oxygen atoms in total. The molecule has 0 atom stereocenters. The van der Waals surface area contributed by atoms with Gasteiger partial charge < -0.3 is 14.9 Å². The molecule has 0 amide bonds. The molecule has 64 valence electrons. The van der Waals surface area contributed by atoms with Crippen molar-refractivity contribution in [2.45, 2.75) is 0 Å². The number of hydrogen-bond donors (Lipinski definition) is 0. The van der Waals surface area contributed by atoms with E-state index in [0.29, 0.717) is 5.69 Å². The van der Waals surface area contributed by atoms with E-state index in [9.17, 15) is 0 Å². The van der Waals surface area contributed by atoms with Crippen molar-refractivity contribution < 1.29 is 19.5 Å². The third-order valence-corrected chi connectivity index (χ3v) is 0.819. The van der Waals surface area contributed by atoms with Gasteiger partial charge in [-0.3, -0.25) is 10.0 Å². The van der Waals surface area contributed by atoms with Crippen LogP contribution in [0.25, 0.3) is 0 Å². The molecule has 5 heteroatoms. The first-order valence-corrected chi connectivity index (χ1v) is 2.44. The maximum atomic E-state index is 4.79. The van der Waals surface area contributed by atoms with Crippen LogP contribution in [0.5, 0.6) is 0 Å². The van der Waals surface area contributed by atoms with Crippen molar-refractivity contribution in [1.29, 1.82) is 0 Å². The first kappa shape index (κ1) is 17.5. The summed E-state index contributed by atoms with van der Waals surface area (Å²) in [5.41, 5.74) is 0.667.